The van der Waals surface area contributed by atoms with Crippen LogP contribution in [0.1, 0.15) is 0 Å². The SMILES string of the molecule is FC(C(F)(F)F)C(F)(Oc1ccccc1)Oc1cccc(OC(F)(Oc2ccccc2)C(F)C(F)(F)F)c1. The van der Waals surface area contributed by atoms with Crippen LogP contribution in [-0.2, 0) is 0 Å². The standard InChI is InChI=1S/C24H16F10O4/c25-19(21(27,28)29)23(33,35-15-8-3-1-4-9-15)37-17-12-7-13-18(14-17)38-24(34,20(26)22(30,31)32)36-16-10-5-2-6-11-16/h1-14,19-20H. The van der Waals surface area contributed by atoms with Crippen molar-refractivity contribution in [1.82, 2.24) is 0 Å². The van der Waals surface area contributed by atoms with Crippen LogP contribution in [0, 0.1) is 0 Å². The Morgan fingerprint density at radius 3 is 1.03 bits per heavy atom. The summed E-state index contributed by atoms with van der Waals surface area (Å²) >= 11 is 0. The minimum Gasteiger partial charge on any atom is -0.424 e. The summed E-state index contributed by atoms with van der Waals surface area (Å²) < 4.78 is 155. The molecule has 0 heterocycles. The van der Waals surface area contributed by atoms with Gasteiger partial charge in [0.15, 0.2) is 0 Å². The molecule has 3 rings (SSSR count). The topological polar surface area (TPSA) is 36.9 Å². The monoisotopic (exact) mass is 558 g/mol. The van der Waals surface area contributed by atoms with Crippen molar-refractivity contribution in [2.45, 2.75) is 36.8 Å². The third kappa shape index (κ3) is 7.13. The number of hydrogen-bond donors (Lipinski definition) is 0. The van der Waals surface area contributed by atoms with Gasteiger partial charge in [-0.15, -0.1) is 0 Å². The predicted octanol–water partition coefficient (Wildman–Crippen LogP) is 7.65. The van der Waals surface area contributed by atoms with E-state index >= 15 is 8.78 Å². The van der Waals surface area contributed by atoms with Gasteiger partial charge in [0.05, 0.1) is 0 Å². The van der Waals surface area contributed by atoms with Crippen LogP contribution in [0.5, 0.6) is 23.0 Å². The van der Waals surface area contributed by atoms with Crippen molar-refractivity contribution < 1.29 is 62.9 Å². The highest BCUT2D eigenvalue weighted by Crippen LogP contribution is 2.40. The molecule has 14 heteroatoms. The molecular formula is C24H16F10O4. The summed E-state index contributed by atoms with van der Waals surface area (Å²) in [4.78, 5) is 0. The Hall–Kier alpha value is -3.84. The van der Waals surface area contributed by atoms with Crippen molar-refractivity contribution in [3.05, 3.63) is 84.9 Å². The summed E-state index contributed by atoms with van der Waals surface area (Å²) in [6.45, 7) is 0. The average Bonchev–Trinajstić information content (AvgIpc) is 2.83. The third-order valence-corrected chi connectivity index (χ3v) is 4.50. The van der Waals surface area contributed by atoms with Gasteiger partial charge >= 0.3 is 36.8 Å². The quantitative estimate of drug-likeness (QED) is 0.189. The lowest BCUT2D eigenvalue weighted by Gasteiger charge is -2.31. The third-order valence-electron chi connectivity index (χ3n) is 4.50. The lowest BCUT2D eigenvalue weighted by Crippen LogP contribution is -2.53. The van der Waals surface area contributed by atoms with Gasteiger partial charge in [0.2, 0.25) is 0 Å². The second kappa shape index (κ2) is 10.9. The number of hydrogen-bond acceptors (Lipinski definition) is 4. The summed E-state index contributed by atoms with van der Waals surface area (Å²) in [5.74, 6) is -3.20. The van der Waals surface area contributed by atoms with Crippen molar-refractivity contribution in [3.63, 3.8) is 0 Å². The Balaban J connectivity index is 1.93. The maximum atomic E-state index is 15.2. The van der Waals surface area contributed by atoms with Crippen LogP contribution in [0.3, 0.4) is 0 Å². The highest BCUT2D eigenvalue weighted by Gasteiger charge is 2.62. The molecule has 3 aromatic rings. The van der Waals surface area contributed by atoms with Gasteiger partial charge < -0.3 is 18.9 Å². The Morgan fingerprint density at radius 1 is 0.421 bits per heavy atom. The molecule has 0 aliphatic rings. The number of ether oxygens (including phenoxy) is 4. The van der Waals surface area contributed by atoms with E-state index in [0.717, 1.165) is 42.5 Å². The fourth-order valence-electron chi connectivity index (χ4n) is 2.86. The van der Waals surface area contributed by atoms with Crippen molar-refractivity contribution in [2.24, 2.45) is 0 Å². The van der Waals surface area contributed by atoms with E-state index in [2.05, 4.69) is 18.9 Å². The number of rotatable bonds is 10. The first-order valence-electron chi connectivity index (χ1n) is 10.4. The van der Waals surface area contributed by atoms with Crippen LogP contribution in [0.25, 0.3) is 0 Å². The van der Waals surface area contributed by atoms with Crippen LogP contribution in [0.4, 0.5) is 43.9 Å². The van der Waals surface area contributed by atoms with E-state index in [1.54, 1.807) is 0 Å². The molecule has 0 radical (unpaired) electrons. The van der Waals surface area contributed by atoms with Gasteiger partial charge in [0.1, 0.15) is 23.0 Å². The summed E-state index contributed by atoms with van der Waals surface area (Å²) in [6, 6.07) is 5.16. The summed E-state index contributed by atoms with van der Waals surface area (Å²) in [6.07, 6.45) is -20.4. The molecule has 4 unspecified atom stereocenters. The molecule has 0 spiro atoms. The van der Waals surface area contributed by atoms with Crippen LogP contribution in [0.2, 0.25) is 0 Å². The normalized spacial score (nSPS) is 16.9. The smallest absolute Gasteiger partial charge is 0.424 e. The van der Waals surface area contributed by atoms with Gasteiger partial charge in [-0.2, -0.15) is 35.1 Å². The number of benzene rings is 3. The molecule has 0 N–H and O–H groups in total. The zero-order valence-electron chi connectivity index (χ0n) is 18.7. The Morgan fingerprint density at radius 2 is 0.711 bits per heavy atom. The van der Waals surface area contributed by atoms with Crippen molar-refractivity contribution in [1.29, 1.82) is 0 Å². The molecule has 0 bridgehead atoms. The maximum Gasteiger partial charge on any atom is 0.449 e. The molecule has 0 saturated carbocycles. The van der Waals surface area contributed by atoms with Crippen molar-refractivity contribution in [2.75, 3.05) is 0 Å². The summed E-state index contributed by atoms with van der Waals surface area (Å²) in [7, 11) is 0. The predicted molar refractivity (Wildman–Crippen MR) is 111 cm³/mol. The van der Waals surface area contributed by atoms with Gasteiger partial charge in [0, 0.05) is 6.07 Å². The van der Waals surface area contributed by atoms with Gasteiger partial charge in [-0.1, -0.05) is 42.5 Å². The minimum atomic E-state index is -5.83. The van der Waals surface area contributed by atoms with Gasteiger partial charge in [-0.05, 0) is 36.4 Å². The van der Waals surface area contributed by atoms with E-state index in [0.29, 0.717) is 6.07 Å². The van der Waals surface area contributed by atoms with Gasteiger partial charge in [0.25, 0.3) is 0 Å². The van der Waals surface area contributed by atoms with Gasteiger partial charge in [-0.25, -0.2) is 8.78 Å². The molecule has 4 atom stereocenters. The van der Waals surface area contributed by atoms with E-state index in [1.165, 1.54) is 36.4 Å². The molecule has 0 amide bonds. The lowest BCUT2D eigenvalue weighted by molar-refractivity contribution is -0.325. The van der Waals surface area contributed by atoms with Gasteiger partial charge in [-0.3, -0.25) is 0 Å². The first-order chi connectivity index (χ1) is 17.6. The first kappa shape index (κ1) is 28.7. The summed E-state index contributed by atoms with van der Waals surface area (Å²) in [5.41, 5.74) is 0. The molecule has 38 heavy (non-hydrogen) atoms. The Kier molecular flexibility index (Phi) is 8.22. The largest absolute Gasteiger partial charge is 0.449 e. The highest BCUT2D eigenvalue weighted by molar-refractivity contribution is 5.34. The minimum absolute atomic E-state index is 0.373. The molecule has 0 saturated heterocycles. The van der Waals surface area contributed by atoms with Crippen LogP contribution < -0.4 is 18.9 Å². The van der Waals surface area contributed by atoms with Crippen molar-refractivity contribution >= 4 is 0 Å². The van der Waals surface area contributed by atoms with Crippen LogP contribution in [-0.4, -0.2) is 36.8 Å². The molecule has 0 fully saturated rings. The molecule has 206 valence electrons. The highest BCUT2D eigenvalue weighted by atomic mass is 19.4. The molecule has 0 aromatic heterocycles. The zero-order valence-corrected chi connectivity index (χ0v) is 18.7. The lowest BCUT2D eigenvalue weighted by atomic mass is 10.2. The zero-order chi connectivity index (χ0) is 28.2. The maximum absolute atomic E-state index is 15.2. The van der Waals surface area contributed by atoms with E-state index in [-0.39, 0.29) is 0 Å². The molecule has 4 nitrogen and oxygen atoms in total. The fraction of sp³-hybridized carbons (Fsp3) is 0.250. The number of alkyl halides is 10. The van der Waals surface area contributed by atoms with E-state index in [4.69, 9.17) is 0 Å². The number of para-hydroxylation sites is 2. The van der Waals surface area contributed by atoms with E-state index in [1.807, 2.05) is 0 Å². The number of halogens is 10. The molecule has 3 aromatic carbocycles. The van der Waals surface area contributed by atoms with Crippen LogP contribution >= 0.6 is 0 Å². The Bertz CT molecular complexity index is 1090. The van der Waals surface area contributed by atoms with Crippen LogP contribution in [0.15, 0.2) is 84.9 Å². The fourth-order valence-corrected chi connectivity index (χ4v) is 2.86. The average molecular weight is 558 g/mol. The molecular weight excluding hydrogens is 542 g/mol. The van der Waals surface area contributed by atoms with E-state index < -0.39 is 59.8 Å². The van der Waals surface area contributed by atoms with E-state index in [9.17, 15) is 35.1 Å². The Labute approximate surface area is 208 Å². The summed E-state index contributed by atoms with van der Waals surface area (Å²) in [5, 5.41) is 0. The molecule has 0 aliphatic heterocycles. The van der Waals surface area contributed by atoms with Crippen molar-refractivity contribution in [3.8, 4) is 23.0 Å². The first-order valence-corrected chi connectivity index (χ1v) is 10.4. The molecule has 0 aliphatic carbocycles. The second-order valence-corrected chi connectivity index (χ2v) is 7.48. The second-order valence-electron chi connectivity index (χ2n) is 7.48.